The minimum absolute atomic E-state index is 0.0186. The molecule has 20 heavy (non-hydrogen) atoms. The molecular weight excluding hydrogens is 294 g/mol. The van der Waals surface area contributed by atoms with Crippen LogP contribution in [0.4, 0.5) is 5.13 Å². The summed E-state index contributed by atoms with van der Waals surface area (Å²) in [6.45, 7) is 0. The molecule has 7 heteroatoms. The van der Waals surface area contributed by atoms with Crippen LogP contribution < -0.4 is 5.32 Å². The summed E-state index contributed by atoms with van der Waals surface area (Å²) in [7, 11) is 0. The summed E-state index contributed by atoms with van der Waals surface area (Å²) in [6.07, 6.45) is 1.10. The highest BCUT2D eigenvalue weighted by Gasteiger charge is 2.38. The molecule has 1 aliphatic carbocycles. The van der Waals surface area contributed by atoms with Crippen LogP contribution in [0.25, 0.3) is 0 Å². The molecule has 1 saturated carbocycles. The SMILES string of the molecule is O=C(O)CSc1nnc(NC2CC2c2ccccc2)s1. The van der Waals surface area contributed by atoms with Crippen molar-refractivity contribution in [2.45, 2.75) is 22.7 Å². The minimum Gasteiger partial charge on any atom is -0.481 e. The molecule has 1 aliphatic rings. The Balaban J connectivity index is 1.54. The van der Waals surface area contributed by atoms with Crippen LogP contribution in [0.1, 0.15) is 17.9 Å². The molecule has 1 fully saturated rings. The lowest BCUT2D eigenvalue weighted by Gasteiger charge is -2.01. The Kier molecular flexibility index (Phi) is 3.88. The van der Waals surface area contributed by atoms with Crippen LogP contribution in [-0.2, 0) is 4.79 Å². The zero-order valence-electron chi connectivity index (χ0n) is 10.5. The van der Waals surface area contributed by atoms with Gasteiger partial charge in [0.2, 0.25) is 5.13 Å². The molecule has 104 valence electrons. The summed E-state index contributed by atoms with van der Waals surface area (Å²) in [5.41, 5.74) is 1.34. The highest BCUT2D eigenvalue weighted by Crippen LogP contribution is 2.43. The molecule has 0 radical (unpaired) electrons. The van der Waals surface area contributed by atoms with Gasteiger partial charge in [0.05, 0.1) is 5.75 Å². The largest absolute Gasteiger partial charge is 0.481 e. The molecule has 0 spiro atoms. The number of hydrogen-bond donors (Lipinski definition) is 2. The number of carboxylic acids is 1. The number of nitrogens with zero attached hydrogens (tertiary/aromatic N) is 2. The van der Waals surface area contributed by atoms with Crippen molar-refractivity contribution in [1.29, 1.82) is 0 Å². The Morgan fingerprint density at radius 2 is 2.20 bits per heavy atom. The lowest BCUT2D eigenvalue weighted by Crippen LogP contribution is -2.03. The fraction of sp³-hybridized carbons (Fsp3) is 0.308. The van der Waals surface area contributed by atoms with Crippen molar-refractivity contribution in [3.8, 4) is 0 Å². The maximum atomic E-state index is 10.5. The standard InChI is InChI=1S/C13H13N3O2S2/c17-11(18)7-19-13-16-15-12(20-13)14-10-6-9(10)8-4-2-1-3-5-8/h1-5,9-10H,6-7H2,(H,14,15)(H,17,18). The predicted octanol–water partition coefficient (Wildman–Crippen LogP) is 2.68. The van der Waals surface area contributed by atoms with E-state index in [0.29, 0.717) is 16.3 Å². The average Bonchev–Trinajstić information content (AvgIpc) is 3.06. The topological polar surface area (TPSA) is 75.1 Å². The van der Waals surface area contributed by atoms with Crippen LogP contribution in [0, 0.1) is 0 Å². The monoisotopic (exact) mass is 307 g/mol. The van der Waals surface area contributed by atoms with E-state index in [1.807, 2.05) is 6.07 Å². The van der Waals surface area contributed by atoms with Crippen molar-refractivity contribution in [1.82, 2.24) is 10.2 Å². The molecule has 1 aromatic heterocycles. The van der Waals surface area contributed by atoms with Crippen LogP contribution in [0.3, 0.4) is 0 Å². The number of aromatic nitrogens is 2. The first kappa shape index (κ1) is 13.4. The van der Waals surface area contributed by atoms with E-state index >= 15 is 0 Å². The van der Waals surface area contributed by atoms with E-state index in [1.54, 1.807) is 0 Å². The normalized spacial score (nSPS) is 20.6. The highest BCUT2D eigenvalue weighted by atomic mass is 32.2. The molecule has 1 aromatic carbocycles. The Morgan fingerprint density at radius 1 is 1.40 bits per heavy atom. The smallest absolute Gasteiger partial charge is 0.313 e. The van der Waals surface area contributed by atoms with Crippen molar-refractivity contribution in [3.63, 3.8) is 0 Å². The van der Waals surface area contributed by atoms with E-state index in [4.69, 9.17) is 5.11 Å². The van der Waals surface area contributed by atoms with Gasteiger partial charge in [-0.2, -0.15) is 0 Å². The number of carbonyl (C=O) groups is 1. The van der Waals surface area contributed by atoms with E-state index in [0.717, 1.165) is 11.6 Å². The fourth-order valence-corrected chi connectivity index (χ4v) is 3.57. The second-order valence-electron chi connectivity index (χ2n) is 4.56. The van der Waals surface area contributed by atoms with Crippen molar-refractivity contribution >= 4 is 34.2 Å². The van der Waals surface area contributed by atoms with Gasteiger partial charge in [-0.3, -0.25) is 4.79 Å². The maximum absolute atomic E-state index is 10.5. The van der Waals surface area contributed by atoms with Crippen LogP contribution >= 0.6 is 23.1 Å². The van der Waals surface area contributed by atoms with Crippen LogP contribution in [-0.4, -0.2) is 33.1 Å². The second-order valence-corrected chi connectivity index (χ2v) is 6.76. The molecule has 5 nitrogen and oxygen atoms in total. The van der Waals surface area contributed by atoms with Crippen molar-refractivity contribution in [2.75, 3.05) is 11.1 Å². The van der Waals surface area contributed by atoms with Crippen molar-refractivity contribution in [2.24, 2.45) is 0 Å². The molecule has 3 rings (SSSR count). The number of thioether (sulfide) groups is 1. The summed E-state index contributed by atoms with van der Waals surface area (Å²) in [6, 6.07) is 10.8. The quantitative estimate of drug-likeness (QED) is 0.799. The molecule has 0 saturated heterocycles. The number of benzene rings is 1. The van der Waals surface area contributed by atoms with Gasteiger partial charge in [-0.15, -0.1) is 10.2 Å². The van der Waals surface area contributed by atoms with Gasteiger partial charge in [-0.25, -0.2) is 0 Å². The summed E-state index contributed by atoms with van der Waals surface area (Å²) in [5, 5.41) is 20.8. The Bertz CT molecular complexity index is 603. The van der Waals surface area contributed by atoms with E-state index in [-0.39, 0.29) is 5.75 Å². The molecule has 2 unspecified atom stereocenters. The third kappa shape index (κ3) is 3.29. The first-order valence-electron chi connectivity index (χ1n) is 6.22. The predicted molar refractivity (Wildman–Crippen MR) is 79.5 cm³/mol. The Labute approximate surface area is 124 Å². The third-order valence-electron chi connectivity index (χ3n) is 3.05. The van der Waals surface area contributed by atoms with Crippen molar-refractivity contribution in [3.05, 3.63) is 35.9 Å². The first-order valence-corrected chi connectivity index (χ1v) is 8.02. The van der Waals surface area contributed by atoms with Gasteiger partial charge in [-0.05, 0) is 12.0 Å². The summed E-state index contributed by atoms with van der Waals surface area (Å²) < 4.78 is 0.687. The van der Waals surface area contributed by atoms with Crippen LogP contribution in [0.15, 0.2) is 34.7 Å². The summed E-state index contributed by atoms with van der Waals surface area (Å²) >= 11 is 2.61. The zero-order valence-corrected chi connectivity index (χ0v) is 12.2. The molecular formula is C13H13N3O2S2. The van der Waals surface area contributed by atoms with Crippen molar-refractivity contribution < 1.29 is 9.90 Å². The highest BCUT2D eigenvalue weighted by molar-refractivity contribution is 8.01. The zero-order chi connectivity index (χ0) is 13.9. The molecule has 0 amide bonds. The Morgan fingerprint density at radius 3 is 2.95 bits per heavy atom. The van der Waals surface area contributed by atoms with E-state index in [9.17, 15) is 4.79 Å². The van der Waals surface area contributed by atoms with E-state index in [2.05, 4.69) is 39.8 Å². The lowest BCUT2D eigenvalue weighted by molar-refractivity contribution is -0.133. The first-order chi connectivity index (χ1) is 9.72. The number of rotatable bonds is 6. The second kappa shape index (κ2) is 5.80. The molecule has 1 heterocycles. The number of carboxylic acid groups (broad SMARTS) is 1. The van der Waals surface area contributed by atoms with Gasteiger partial charge >= 0.3 is 5.97 Å². The van der Waals surface area contributed by atoms with Gasteiger partial charge in [0.1, 0.15) is 0 Å². The summed E-state index contributed by atoms with van der Waals surface area (Å²) in [5.74, 6) is -0.286. The molecule has 2 atom stereocenters. The van der Waals surface area contributed by atoms with Gasteiger partial charge in [-0.1, -0.05) is 53.4 Å². The number of nitrogens with one attached hydrogen (secondary N) is 1. The van der Waals surface area contributed by atoms with Gasteiger partial charge in [0.15, 0.2) is 4.34 Å². The average molecular weight is 307 g/mol. The van der Waals surface area contributed by atoms with E-state index < -0.39 is 5.97 Å². The number of aliphatic carboxylic acids is 1. The molecule has 0 aliphatic heterocycles. The lowest BCUT2D eigenvalue weighted by atomic mass is 10.1. The number of hydrogen-bond acceptors (Lipinski definition) is 6. The fourth-order valence-electron chi connectivity index (χ4n) is 2.03. The third-order valence-corrected chi connectivity index (χ3v) is 5.03. The summed E-state index contributed by atoms with van der Waals surface area (Å²) in [4.78, 5) is 10.5. The maximum Gasteiger partial charge on any atom is 0.313 e. The van der Waals surface area contributed by atoms with Crippen LogP contribution in [0.2, 0.25) is 0 Å². The number of anilines is 1. The van der Waals surface area contributed by atoms with E-state index in [1.165, 1.54) is 28.7 Å². The molecule has 2 N–H and O–H groups in total. The van der Waals surface area contributed by atoms with Gasteiger partial charge < -0.3 is 10.4 Å². The Hall–Kier alpha value is -1.60. The van der Waals surface area contributed by atoms with Gasteiger partial charge in [0, 0.05) is 12.0 Å². The molecule has 2 aromatic rings. The van der Waals surface area contributed by atoms with Crippen LogP contribution in [0.5, 0.6) is 0 Å². The van der Waals surface area contributed by atoms with Gasteiger partial charge in [0.25, 0.3) is 0 Å². The minimum atomic E-state index is -0.842. The molecule has 0 bridgehead atoms.